The molecule has 1 rings (SSSR count). The van der Waals surface area contributed by atoms with Crippen LogP contribution in [0.3, 0.4) is 0 Å². The molecule has 12 heavy (non-hydrogen) atoms. The second kappa shape index (κ2) is 3.71. The summed E-state index contributed by atoms with van der Waals surface area (Å²) in [5.74, 6) is -0.0839. The molecule has 0 aliphatic rings. The number of hydrogen-bond donors (Lipinski definition) is 2. The fourth-order valence-electron chi connectivity index (χ4n) is 0.822. The Labute approximate surface area is 69.7 Å². The number of hydrogen-bond acceptors (Lipinski definition) is 3. The normalized spacial score (nSPS) is 9.42. The van der Waals surface area contributed by atoms with Crippen LogP contribution < -0.4 is 5.56 Å². The third-order valence-electron chi connectivity index (χ3n) is 1.35. The molecule has 0 spiro atoms. The van der Waals surface area contributed by atoms with Crippen LogP contribution >= 0.6 is 0 Å². The quantitative estimate of drug-likeness (QED) is 0.502. The minimum absolute atomic E-state index is 0.0839. The average molecular weight is 166 g/mol. The summed E-state index contributed by atoms with van der Waals surface area (Å²) in [6, 6.07) is 3.21. The van der Waals surface area contributed by atoms with Gasteiger partial charge in [0.25, 0.3) is 5.56 Å². The van der Waals surface area contributed by atoms with Crippen molar-refractivity contribution in [3.63, 3.8) is 0 Å². The molecular formula is C8H10N2O2. The zero-order valence-corrected chi connectivity index (χ0v) is 6.76. The van der Waals surface area contributed by atoms with Crippen LogP contribution in [-0.4, -0.2) is 17.5 Å². The summed E-state index contributed by atoms with van der Waals surface area (Å²) >= 11 is 0. The number of nitrogens with one attached hydrogen (secondary N) is 2. The van der Waals surface area contributed by atoms with Crippen molar-refractivity contribution in [1.29, 1.82) is 5.41 Å². The van der Waals surface area contributed by atoms with E-state index in [0.717, 1.165) is 0 Å². The van der Waals surface area contributed by atoms with Crippen LogP contribution in [0.15, 0.2) is 23.1 Å². The fraction of sp³-hybridized carbons (Fsp3) is 0.250. The van der Waals surface area contributed by atoms with Crippen LogP contribution in [0.1, 0.15) is 12.5 Å². The van der Waals surface area contributed by atoms with Crippen molar-refractivity contribution in [2.75, 3.05) is 6.61 Å². The van der Waals surface area contributed by atoms with Crippen LogP contribution in [0.25, 0.3) is 0 Å². The molecule has 0 atom stereocenters. The van der Waals surface area contributed by atoms with Crippen LogP contribution in [0, 0.1) is 5.41 Å². The molecule has 0 amide bonds. The van der Waals surface area contributed by atoms with Crippen LogP contribution in [0.5, 0.6) is 0 Å². The minimum atomic E-state index is -0.295. The topological polar surface area (TPSA) is 65.9 Å². The van der Waals surface area contributed by atoms with Crippen molar-refractivity contribution in [3.05, 3.63) is 34.2 Å². The highest BCUT2D eigenvalue weighted by atomic mass is 16.5. The third kappa shape index (κ3) is 1.72. The van der Waals surface area contributed by atoms with Crippen LogP contribution in [0.4, 0.5) is 0 Å². The number of aromatic amines is 1. The second-order valence-electron chi connectivity index (χ2n) is 2.18. The van der Waals surface area contributed by atoms with Gasteiger partial charge >= 0.3 is 0 Å². The highest BCUT2D eigenvalue weighted by molar-refractivity contribution is 5.90. The zero-order chi connectivity index (χ0) is 8.97. The van der Waals surface area contributed by atoms with Crippen molar-refractivity contribution >= 4 is 5.90 Å². The van der Waals surface area contributed by atoms with Gasteiger partial charge in [-0.2, -0.15) is 0 Å². The largest absolute Gasteiger partial charge is 0.478 e. The monoisotopic (exact) mass is 166 g/mol. The first-order valence-corrected chi connectivity index (χ1v) is 3.65. The molecule has 0 saturated carbocycles. The Hall–Kier alpha value is -1.58. The lowest BCUT2D eigenvalue weighted by atomic mass is 10.3. The highest BCUT2D eigenvalue weighted by Crippen LogP contribution is 1.92. The Bertz CT molecular complexity index is 330. The van der Waals surface area contributed by atoms with Crippen LogP contribution in [0.2, 0.25) is 0 Å². The molecular weight excluding hydrogens is 156 g/mol. The number of rotatable bonds is 2. The van der Waals surface area contributed by atoms with E-state index < -0.39 is 0 Å². The summed E-state index contributed by atoms with van der Waals surface area (Å²) in [7, 11) is 0. The molecule has 1 aromatic heterocycles. The molecule has 0 fully saturated rings. The van der Waals surface area contributed by atoms with Crippen LogP contribution in [-0.2, 0) is 4.74 Å². The summed E-state index contributed by atoms with van der Waals surface area (Å²) in [4.78, 5) is 13.5. The third-order valence-corrected chi connectivity index (χ3v) is 1.35. The summed E-state index contributed by atoms with van der Waals surface area (Å²) in [5, 5.41) is 7.33. The van der Waals surface area contributed by atoms with E-state index in [9.17, 15) is 4.79 Å². The SMILES string of the molecule is CCOC(=N)c1ccc[nH]c1=O. The maximum atomic E-state index is 11.1. The molecule has 4 heteroatoms. The lowest BCUT2D eigenvalue weighted by Crippen LogP contribution is -2.18. The lowest BCUT2D eigenvalue weighted by molar-refractivity contribution is 0.325. The molecule has 4 nitrogen and oxygen atoms in total. The van der Waals surface area contributed by atoms with Gasteiger partial charge in [-0.3, -0.25) is 10.2 Å². The Morgan fingerprint density at radius 3 is 3.08 bits per heavy atom. The van der Waals surface area contributed by atoms with Crippen molar-refractivity contribution in [2.24, 2.45) is 0 Å². The number of ether oxygens (including phenoxy) is 1. The van der Waals surface area contributed by atoms with Gasteiger partial charge in [0.05, 0.1) is 6.61 Å². The molecule has 0 radical (unpaired) electrons. The molecule has 0 unspecified atom stereocenters. The molecule has 0 aromatic carbocycles. The molecule has 0 aliphatic heterocycles. The lowest BCUT2D eigenvalue weighted by Gasteiger charge is -2.02. The van der Waals surface area contributed by atoms with Crippen molar-refractivity contribution in [1.82, 2.24) is 4.98 Å². The number of aromatic nitrogens is 1. The van der Waals surface area contributed by atoms with Gasteiger partial charge in [0.15, 0.2) is 0 Å². The van der Waals surface area contributed by atoms with E-state index in [4.69, 9.17) is 10.1 Å². The molecule has 64 valence electrons. The molecule has 0 bridgehead atoms. The van der Waals surface area contributed by atoms with E-state index in [0.29, 0.717) is 6.61 Å². The van der Waals surface area contributed by atoms with E-state index in [1.165, 1.54) is 6.20 Å². The Kier molecular flexibility index (Phi) is 2.63. The minimum Gasteiger partial charge on any atom is -0.478 e. The summed E-state index contributed by atoms with van der Waals surface area (Å²) < 4.78 is 4.87. The zero-order valence-electron chi connectivity index (χ0n) is 6.76. The predicted molar refractivity (Wildman–Crippen MR) is 45.5 cm³/mol. The van der Waals surface area contributed by atoms with Gasteiger partial charge in [0.2, 0.25) is 5.90 Å². The first-order valence-electron chi connectivity index (χ1n) is 3.65. The van der Waals surface area contributed by atoms with Gasteiger partial charge < -0.3 is 9.72 Å². The average Bonchev–Trinajstić information content (AvgIpc) is 2.05. The molecule has 1 aromatic rings. The van der Waals surface area contributed by atoms with E-state index >= 15 is 0 Å². The van der Waals surface area contributed by atoms with E-state index in [1.54, 1.807) is 19.1 Å². The number of pyridine rings is 1. The maximum Gasteiger partial charge on any atom is 0.260 e. The van der Waals surface area contributed by atoms with Gasteiger partial charge in [-0.15, -0.1) is 0 Å². The van der Waals surface area contributed by atoms with Gasteiger partial charge in [0.1, 0.15) is 5.56 Å². The van der Waals surface area contributed by atoms with E-state index in [2.05, 4.69) is 4.98 Å². The summed E-state index contributed by atoms with van der Waals surface area (Å²) in [6.07, 6.45) is 1.52. The van der Waals surface area contributed by atoms with Crippen molar-refractivity contribution in [3.8, 4) is 0 Å². The summed E-state index contributed by atoms with van der Waals surface area (Å²) in [6.45, 7) is 2.17. The maximum absolute atomic E-state index is 11.1. The first-order chi connectivity index (χ1) is 5.75. The fourth-order valence-corrected chi connectivity index (χ4v) is 0.822. The first kappa shape index (κ1) is 8.52. The van der Waals surface area contributed by atoms with Gasteiger partial charge in [-0.1, -0.05) is 0 Å². The van der Waals surface area contributed by atoms with E-state index in [-0.39, 0.29) is 17.0 Å². The Morgan fingerprint density at radius 2 is 2.50 bits per heavy atom. The standard InChI is InChI=1S/C8H10N2O2/c1-2-12-7(9)6-4-3-5-10-8(6)11/h3-5,9H,2H2,1H3,(H,10,11). The molecule has 1 heterocycles. The predicted octanol–water partition coefficient (Wildman–Crippen LogP) is 0.737. The highest BCUT2D eigenvalue weighted by Gasteiger charge is 2.04. The molecule has 0 saturated heterocycles. The Balaban J connectivity index is 2.95. The smallest absolute Gasteiger partial charge is 0.260 e. The van der Waals surface area contributed by atoms with E-state index in [1.807, 2.05) is 0 Å². The van der Waals surface area contributed by atoms with Gasteiger partial charge in [-0.05, 0) is 19.1 Å². The van der Waals surface area contributed by atoms with Gasteiger partial charge in [0, 0.05) is 6.20 Å². The second-order valence-corrected chi connectivity index (χ2v) is 2.18. The number of H-pyrrole nitrogens is 1. The van der Waals surface area contributed by atoms with Crippen molar-refractivity contribution in [2.45, 2.75) is 6.92 Å². The van der Waals surface area contributed by atoms with Gasteiger partial charge in [-0.25, -0.2) is 0 Å². The molecule has 2 N–H and O–H groups in total. The van der Waals surface area contributed by atoms with Crippen molar-refractivity contribution < 1.29 is 4.74 Å². The summed E-state index contributed by atoms with van der Waals surface area (Å²) in [5.41, 5.74) is -0.0321. The molecule has 0 aliphatic carbocycles. The Morgan fingerprint density at radius 1 is 1.75 bits per heavy atom.